The molecule has 0 atom stereocenters. The van der Waals surface area contributed by atoms with Gasteiger partial charge in [-0.15, -0.1) is 0 Å². The highest BCUT2D eigenvalue weighted by molar-refractivity contribution is 6.07. The van der Waals surface area contributed by atoms with Crippen molar-refractivity contribution in [3.8, 4) is 0 Å². The van der Waals surface area contributed by atoms with Crippen LogP contribution in [0.25, 0.3) is 0 Å². The van der Waals surface area contributed by atoms with E-state index in [1.807, 2.05) is 6.20 Å². The molecule has 1 spiro atoms. The molecule has 1 amide bonds. The maximum Gasteiger partial charge on any atom is 0.416 e. The molecule has 1 fully saturated rings. The molecule has 0 N–H and O–H groups in total. The zero-order valence-corrected chi connectivity index (χ0v) is 20.3. The second kappa shape index (κ2) is 9.46. The molecule has 5 rings (SSSR count). The van der Waals surface area contributed by atoms with Gasteiger partial charge < -0.3 is 24.2 Å². The smallest absolute Gasteiger partial charge is 0.416 e. The van der Waals surface area contributed by atoms with E-state index < -0.39 is 23.3 Å². The van der Waals surface area contributed by atoms with Crippen LogP contribution in [-0.4, -0.2) is 78.1 Å². The van der Waals surface area contributed by atoms with E-state index in [-0.39, 0.29) is 12.5 Å². The van der Waals surface area contributed by atoms with Crippen molar-refractivity contribution in [3.63, 3.8) is 0 Å². The molecule has 10 heteroatoms. The molecule has 4 heterocycles. The van der Waals surface area contributed by atoms with Gasteiger partial charge in [0, 0.05) is 63.9 Å². The number of nitrogens with zero attached hydrogens (tertiary/aromatic N) is 3. The zero-order valence-electron chi connectivity index (χ0n) is 20.3. The van der Waals surface area contributed by atoms with Crippen LogP contribution in [-0.2, 0) is 38.2 Å². The van der Waals surface area contributed by atoms with Crippen molar-refractivity contribution in [3.05, 3.63) is 58.5 Å². The molecular formula is C26H30F3N3O4. The van der Waals surface area contributed by atoms with Crippen molar-refractivity contribution >= 4 is 11.9 Å². The van der Waals surface area contributed by atoms with Crippen molar-refractivity contribution in [2.75, 3.05) is 45.9 Å². The lowest BCUT2D eigenvalue weighted by Gasteiger charge is -2.41. The van der Waals surface area contributed by atoms with E-state index in [2.05, 4.69) is 9.80 Å². The molecule has 36 heavy (non-hydrogen) atoms. The lowest BCUT2D eigenvalue weighted by Crippen LogP contribution is -2.50. The molecule has 0 saturated carbocycles. The summed E-state index contributed by atoms with van der Waals surface area (Å²) >= 11 is 0. The van der Waals surface area contributed by atoms with Crippen molar-refractivity contribution in [2.45, 2.75) is 44.5 Å². The highest BCUT2D eigenvalue weighted by atomic mass is 19.4. The summed E-state index contributed by atoms with van der Waals surface area (Å²) in [5, 5.41) is 0. The third-order valence-corrected chi connectivity index (χ3v) is 7.70. The summed E-state index contributed by atoms with van der Waals surface area (Å²) in [6.07, 6.45) is 0.683. The number of likely N-dealkylation sites (tertiary alicyclic amines) is 1. The Bertz CT molecular complexity index is 1110. The molecule has 0 aromatic heterocycles. The third kappa shape index (κ3) is 4.70. The van der Waals surface area contributed by atoms with Crippen LogP contribution in [0.5, 0.6) is 0 Å². The normalized spacial score (nSPS) is 22.1. The van der Waals surface area contributed by atoms with Crippen LogP contribution in [0.15, 0.2) is 41.8 Å². The number of amides is 1. The molecule has 1 saturated heterocycles. The van der Waals surface area contributed by atoms with Gasteiger partial charge in [0.05, 0.1) is 23.9 Å². The fourth-order valence-corrected chi connectivity index (χ4v) is 5.56. The summed E-state index contributed by atoms with van der Waals surface area (Å²) in [5.41, 5.74) is 0.299. The van der Waals surface area contributed by atoms with Gasteiger partial charge in [0.15, 0.2) is 0 Å². The second-order valence-corrected chi connectivity index (χ2v) is 9.88. The van der Waals surface area contributed by atoms with E-state index in [0.717, 1.165) is 37.3 Å². The van der Waals surface area contributed by atoms with Gasteiger partial charge in [0.2, 0.25) is 0 Å². The summed E-state index contributed by atoms with van der Waals surface area (Å²) in [6, 6.07) is 3.71. The number of piperidine rings is 1. The summed E-state index contributed by atoms with van der Waals surface area (Å²) in [5.74, 6) is -0.796. The molecule has 7 nitrogen and oxygen atoms in total. The fourth-order valence-electron chi connectivity index (χ4n) is 5.56. The molecule has 0 aliphatic carbocycles. The van der Waals surface area contributed by atoms with Gasteiger partial charge in [-0.3, -0.25) is 4.79 Å². The van der Waals surface area contributed by atoms with Crippen LogP contribution >= 0.6 is 0 Å². The standard InChI is InChI=1S/C26H30F3N3O4/c1-18-22(23(33)32-7-4-19-2-3-21(26(27,28)29)16-20(19)17-32)25(36-24(18)34)5-8-30(9-6-25)10-11-31-12-14-35-15-13-31/h2-3,12,14,16H,4-11,13,15,17H2,1H3. The first-order chi connectivity index (χ1) is 17.2. The first-order valence-electron chi connectivity index (χ1n) is 12.3. The van der Waals surface area contributed by atoms with Crippen LogP contribution in [0, 0.1) is 0 Å². The first kappa shape index (κ1) is 24.7. The van der Waals surface area contributed by atoms with E-state index >= 15 is 0 Å². The predicted molar refractivity (Wildman–Crippen MR) is 124 cm³/mol. The molecule has 1 aromatic carbocycles. The van der Waals surface area contributed by atoms with E-state index in [0.29, 0.717) is 62.2 Å². The topological polar surface area (TPSA) is 62.3 Å². The number of rotatable bonds is 4. The Kier molecular flexibility index (Phi) is 6.48. The van der Waals surface area contributed by atoms with Crippen molar-refractivity contribution < 1.29 is 32.2 Å². The quantitative estimate of drug-likeness (QED) is 0.587. The van der Waals surface area contributed by atoms with Gasteiger partial charge in [0.25, 0.3) is 5.91 Å². The Morgan fingerprint density at radius 1 is 1.08 bits per heavy atom. The lowest BCUT2D eigenvalue weighted by molar-refractivity contribution is -0.151. The summed E-state index contributed by atoms with van der Waals surface area (Å²) < 4.78 is 50.7. The maximum absolute atomic E-state index is 13.7. The SMILES string of the molecule is CC1=C(C(=O)N2CCc3ccc(C(F)(F)F)cc3C2)C2(CCN(CCN3C=COCC3)CC2)OC1=O. The monoisotopic (exact) mass is 505 g/mol. The van der Waals surface area contributed by atoms with E-state index in [1.54, 1.807) is 18.1 Å². The largest absolute Gasteiger partial charge is 0.498 e. The van der Waals surface area contributed by atoms with Crippen molar-refractivity contribution in [1.82, 2.24) is 14.7 Å². The molecular weight excluding hydrogens is 475 g/mol. The van der Waals surface area contributed by atoms with Gasteiger partial charge >= 0.3 is 12.1 Å². The van der Waals surface area contributed by atoms with E-state index in [1.165, 1.54) is 6.07 Å². The number of ether oxygens (including phenoxy) is 2. The highest BCUT2D eigenvalue weighted by Crippen LogP contribution is 2.42. The number of fused-ring (bicyclic) bond motifs is 1. The van der Waals surface area contributed by atoms with Gasteiger partial charge in [0.1, 0.15) is 12.2 Å². The van der Waals surface area contributed by atoms with Crippen molar-refractivity contribution in [1.29, 1.82) is 0 Å². The minimum atomic E-state index is -4.44. The Morgan fingerprint density at radius 2 is 1.86 bits per heavy atom. The van der Waals surface area contributed by atoms with E-state index in [9.17, 15) is 22.8 Å². The number of halogens is 3. The Balaban J connectivity index is 1.28. The predicted octanol–water partition coefficient (Wildman–Crippen LogP) is 3.10. The molecule has 1 aromatic rings. The van der Waals surface area contributed by atoms with Crippen molar-refractivity contribution in [2.24, 2.45) is 0 Å². The molecule has 0 radical (unpaired) electrons. The lowest BCUT2D eigenvalue weighted by atomic mass is 9.82. The minimum absolute atomic E-state index is 0.0817. The number of benzene rings is 1. The van der Waals surface area contributed by atoms with Gasteiger partial charge in [-0.1, -0.05) is 6.07 Å². The molecule has 0 bridgehead atoms. The maximum atomic E-state index is 13.7. The zero-order chi connectivity index (χ0) is 25.5. The van der Waals surface area contributed by atoms with Gasteiger partial charge in [-0.25, -0.2) is 4.79 Å². The Hall–Kier alpha value is -3.01. The summed E-state index contributed by atoms with van der Waals surface area (Å²) in [4.78, 5) is 32.4. The molecule has 4 aliphatic heterocycles. The highest BCUT2D eigenvalue weighted by Gasteiger charge is 2.51. The Labute approximate surface area is 208 Å². The first-order valence-corrected chi connectivity index (χ1v) is 12.3. The number of carbonyl (C=O) groups excluding carboxylic acids is 2. The average molecular weight is 506 g/mol. The van der Waals surface area contributed by atoms with Crippen LogP contribution < -0.4 is 0 Å². The van der Waals surface area contributed by atoms with Crippen LogP contribution in [0.2, 0.25) is 0 Å². The molecule has 194 valence electrons. The van der Waals surface area contributed by atoms with E-state index in [4.69, 9.17) is 9.47 Å². The minimum Gasteiger partial charge on any atom is -0.498 e. The third-order valence-electron chi connectivity index (χ3n) is 7.70. The second-order valence-electron chi connectivity index (χ2n) is 9.88. The van der Waals surface area contributed by atoms with Crippen LogP contribution in [0.1, 0.15) is 36.5 Å². The van der Waals surface area contributed by atoms with Crippen LogP contribution in [0.4, 0.5) is 13.2 Å². The van der Waals surface area contributed by atoms with Gasteiger partial charge in [-0.2, -0.15) is 13.2 Å². The van der Waals surface area contributed by atoms with Crippen LogP contribution in [0.3, 0.4) is 0 Å². The molecule has 4 aliphatic rings. The summed E-state index contributed by atoms with van der Waals surface area (Å²) in [6.45, 7) is 6.67. The number of esters is 1. The number of alkyl halides is 3. The number of hydrogen-bond acceptors (Lipinski definition) is 6. The number of hydrogen-bond donors (Lipinski definition) is 0. The van der Waals surface area contributed by atoms with Gasteiger partial charge in [-0.05, 0) is 36.6 Å². The average Bonchev–Trinajstić information content (AvgIpc) is 3.11. The number of carbonyl (C=O) groups is 2. The fraction of sp³-hybridized carbons (Fsp3) is 0.538. The Morgan fingerprint density at radius 3 is 2.56 bits per heavy atom. The molecule has 0 unspecified atom stereocenters. The summed E-state index contributed by atoms with van der Waals surface area (Å²) in [7, 11) is 0.